The molecule has 0 fully saturated rings. The fourth-order valence-electron chi connectivity index (χ4n) is 4.08. The highest BCUT2D eigenvalue weighted by molar-refractivity contribution is 14.2. The summed E-state index contributed by atoms with van der Waals surface area (Å²) >= 11 is 5.08. The molecule has 0 aliphatic carbocycles. The Bertz CT molecular complexity index is 265. The van der Waals surface area contributed by atoms with E-state index in [-0.39, 0.29) is 0 Å². The molecule has 0 bridgehead atoms. The average Bonchev–Trinajstić information content (AvgIpc) is 2.68. The lowest BCUT2D eigenvalue weighted by Gasteiger charge is -2.04. The molecule has 0 unspecified atom stereocenters. The van der Waals surface area contributed by atoms with Crippen LogP contribution in [0.25, 0.3) is 0 Å². The summed E-state index contributed by atoms with van der Waals surface area (Å²) in [6, 6.07) is 0. The van der Waals surface area contributed by atoms with Gasteiger partial charge in [0.25, 0.3) is 0 Å². The third-order valence-electron chi connectivity index (χ3n) is 6.03. The normalized spacial score (nSPS) is 11.6. The molecule has 0 amide bonds. The van der Waals surface area contributed by atoms with Crippen LogP contribution in [0.5, 0.6) is 0 Å². The second-order valence-electron chi connectivity index (χ2n) is 8.96. The van der Waals surface area contributed by atoms with Crippen molar-refractivity contribution in [2.75, 3.05) is 0 Å². The summed E-state index contributed by atoms with van der Waals surface area (Å²) in [5.74, 6) is 0. The lowest BCUT2D eigenvalue weighted by atomic mass is 10.0. The van der Waals surface area contributed by atoms with E-state index in [0.29, 0.717) is 0 Å². The molecule has 0 aromatic carbocycles. The molecule has 0 nitrogen and oxygen atoms in total. The summed E-state index contributed by atoms with van der Waals surface area (Å²) in [5.41, 5.74) is 0. The fraction of sp³-hybridized carbons (Fsp3) is 1.00. The minimum Gasteiger partial charge on any atom is -0.0710 e. The van der Waals surface area contributed by atoms with Crippen molar-refractivity contribution >= 4 is 45.2 Å². The summed E-state index contributed by atoms with van der Waals surface area (Å²) in [6.07, 6.45) is 35.4. The van der Waals surface area contributed by atoms with Crippen LogP contribution in [0, 0.1) is 0 Å². The van der Waals surface area contributed by atoms with Gasteiger partial charge in [-0.2, -0.15) is 0 Å². The van der Waals surface area contributed by atoms with Crippen molar-refractivity contribution in [3.05, 3.63) is 0 Å². The summed E-state index contributed by atoms with van der Waals surface area (Å²) < 4.78 is 0.838. The van der Waals surface area contributed by atoms with E-state index in [0.717, 1.165) is 1.93 Å². The second kappa shape index (κ2) is 26.5. The van der Waals surface area contributed by atoms with Crippen LogP contribution in [0.2, 0.25) is 0 Å². The van der Waals surface area contributed by atoms with Crippen molar-refractivity contribution < 1.29 is 0 Å². The first-order chi connectivity index (χ1) is 13.8. The highest BCUT2D eigenvalue weighted by Gasteiger charge is 1.98. The van der Waals surface area contributed by atoms with E-state index >= 15 is 0 Å². The van der Waals surface area contributed by atoms with Gasteiger partial charge in [0, 0.05) is 0 Å². The summed E-state index contributed by atoms with van der Waals surface area (Å²) in [7, 11) is 0. The zero-order valence-electron chi connectivity index (χ0n) is 19.3. The predicted molar refractivity (Wildman–Crippen MR) is 148 cm³/mol. The smallest absolute Gasteiger partial charge is 0.0626 e. The predicted octanol–water partition coefficient (Wildman–Crippen LogP) is 11.6. The van der Waals surface area contributed by atoms with E-state index in [1.165, 1.54) is 154 Å². The quantitative estimate of drug-likeness (QED) is 0.0574. The van der Waals surface area contributed by atoms with Crippen LogP contribution in [-0.4, -0.2) is 1.93 Å². The number of hydrogen-bond donors (Lipinski definition) is 0. The molecule has 0 aromatic rings. The first kappa shape index (κ1) is 29.5. The Morgan fingerprint density at radius 1 is 0.357 bits per heavy atom. The Labute approximate surface area is 206 Å². The lowest BCUT2D eigenvalue weighted by Crippen LogP contribution is -1.86. The van der Waals surface area contributed by atoms with E-state index < -0.39 is 0 Å². The minimum absolute atomic E-state index is 0.838. The van der Waals surface area contributed by atoms with Crippen molar-refractivity contribution in [1.82, 2.24) is 0 Å². The van der Waals surface area contributed by atoms with Crippen LogP contribution < -0.4 is 0 Å². The van der Waals surface area contributed by atoms with Gasteiger partial charge in [0.2, 0.25) is 0 Å². The SMILES string of the molecule is CCCCCCCCCCCCCCCCCCCCCCCCCC(I)I. The van der Waals surface area contributed by atoms with Crippen molar-refractivity contribution in [3.63, 3.8) is 0 Å². The van der Waals surface area contributed by atoms with Crippen LogP contribution in [0.15, 0.2) is 0 Å². The maximum absolute atomic E-state index is 2.54. The molecule has 0 N–H and O–H groups in total. The molecule has 0 heterocycles. The fourth-order valence-corrected chi connectivity index (χ4v) is 4.96. The van der Waals surface area contributed by atoms with E-state index in [1.807, 2.05) is 0 Å². The Morgan fingerprint density at radius 2 is 0.571 bits per heavy atom. The van der Waals surface area contributed by atoms with Crippen molar-refractivity contribution in [2.45, 2.75) is 163 Å². The average molecular weight is 619 g/mol. The molecule has 0 aliphatic heterocycles. The highest BCUT2D eigenvalue weighted by atomic mass is 127. The van der Waals surface area contributed by atoms with Gasteiger partial charge in [-0.15, -0.1) is 0 Å². The van der Waals surface area contributed by atoms with E-state index in [1.54, 1.807) is 0 Å². The van der Waals surface area contributed by atoms with Gasteiger partial charge in [-0.05, 0) is 6.42 Å². The van der Waals surface area contributed by atoms with Crippen molar-refractivity contribution in [1.29, 1.82) is 0 Å². The van der Waals surface area contributed by atoms with Gasteiger partial charge in [0.05, 0.1) is 1.93 Å². The maximum atomic E-state index is 2.54. The van der Waals surface area contributed by atoms with Crippen molar-refractivity contribution in [2.24, 2.45) is 0 Å². The summed E-state index contributed by atoms with van der Waals surface area (Å²) in [5, 5.41) is 0. The Kier molecular flexibility index (Phi) is 27.9. The zero-order chi connectivity index (χ0) is 20.5. The molecular formula is C26H52I2. The first-order valence-electron chi connectivity index (χ1n) is 13.1. The van der Waals surface area contributed by atoms with Gasteiger partial charge in [-0.3, -0.25) is 0 Å². The molecule has 0 aliphatic rings. The Morgan fingerprint density at radius 3 is 0.786 bits per heavy atom. The molecule has 170 valence electrons. The summed E-state index contributed by atoms with van der Waals surface area (Å²) in [4.78, 5) is 0. The number of hydrogen-bond acceptors (Lipinski definition) is 0. The molecule has 0 atom stereocenters. The second-order valence-corrected chi connectivity index (χ2v) is 14.3. The molecule has 0 saturated heterocycles. The third-order valence-corrected chi connectivity index (χ3v) is 7.27. The largest absolute Gasteiger partial charge is 0.0710 e. The first-order valence-corrected chi connectivity index (χ1v) is 15.5. The van der Waals surface area contributed by atoms with Gasteiger partial charge in [0.15, 0.2) is 0 Å². The van der Waals surface area contributed by atoms with Crippen LogP contribution >= 0.6 is 45.2 Å². The van der Waals surface area contributed by atoms with Crippen LogP contribution in [0.3, 0.4) is 0 Å². The van der Waals surface area contributed by atoms with Gasteiger partial charge < -0.3 is 0 Å². The lowest BCUT2D eigenvalue weighted by molar-refractivity contribution is 0.518. The third kappa shape index (κ3) is 27.5. The molecule has 0 saturated carbocycles. The van der Waals surface area contributed by atoms with Gasteiger partial charge in [-0.1, -0.05) is 200 Å². The zero-order valence-corrected chi connectivity index (χ0v) is 23.6. The maximum Gasteiger partial charge on any atom is 0.0626 e. The van der Waals surface area contributed by atoms with Crippen LogP contribution in [0.1, 0.15) is 161 Å². The monoisotopic (exact) mass is 618 g/mol. The molecule has 0 rings (SSSR count). The number of halogens is 2. The topological polar surface area (TPSA) is 0 Å². The van der Waals surface area contributed by atoms with Gasteiger partial charge in [0.1, 0.15) is 0 Å². The molecule has 28 heavy (non-hydrogen) atoms. The summed E-state index contributed by atoms with van der Waals surface area (Å²) in [6.45, 7) is 2.30. The molecule has 0 spiro atoms. The van der Waals surface area contributed by atoms with E-state index in [9.17, 15) is 0 Å². The highest BCUT2D eigenvalue weighted by Crippen LogP contribution is 2.19. The van der Waals surface area contributed by atoms with Crippen molar-refractivity contribution in [3.8, 4) is 0 Å². The van der Waals surface area contributed by atoms with Gasteiger partial charge >= 0.3 is 0 Å². The molecule has 0 radical (unpaired) electrons. The Balaban J connectivity index is 2.98. The standard InChI is InChI=1S/C26H52I2/c1-2-3-4-5-6-7-8-9-10-11-12-13-14-15-16-17-18-19-20-21-22-23-24-25-26(27)28/h26H,2-25H2,1H3. The van der Waals surface area contributed by atoms with E-state index in [4.69, 9.17) is 0 Å². The number of alkyl halides is 2. The van der Waals surface area contributed by atoms with E-state index in [2.05, 4.69) is 52.1 Å². The number of unbranched alkanes of at least 4 members (excludes halogenated alkanes) is 22. The molecule has 2 heteroatoms. The minimum atomic E-state index is 0.838. The van der Waals surface area contributed by atoms with Crippen LogP contribution in [-0.2, 0) is 0 Å². The van der Waals surface area contributed by atoms with Gasteiger partial charge in [-0.25, -0.2) is 0 Å². The van der Waals surface area contributed by atoms with Crippen LogP contribution in [0.4, 0.5) is 0 Å². The molecule has 0 aromatic heterocycles. The Hall–Kier alpha value is 1.46. The number of rotatable bonds is 24. The molecular weight excluding hydrogens is 566 g/mol.